The molecule has 0 aliphatic carbocycles. The molecular formula is C24H31N3O3. The summed E-state index contributed by atoms with van der Waals surface area (Å²) in [5, 5.41) is 3.15. The molecule has 2 fully saturated rings. The van der Waals surface area contributed by atoms with Gasteiger partial charge in [-0.05, 0) is 56.5 Å². The molecule has 160 valence electrons. The van der Waals surface area contributed by atoms with E-state index in [9.17, 15) is 9.59 Å². The van der Waals surface area contributed by atoms with Crippen molar-refractivity contribution in [3.8, 4) is 0 Å². The Morgan fingerprint density at radius 3 is 2.33 bits per heavy atom. The summed E-state index contributed by atoms with van der Waals surface area (Å²) in [6.07, 6.45) is 5.14. The SMILES string of the molecule is CC(=O)NC1(c2ccccc2)CCN(C(=O)c2ccc(CN3CCCCC3)o2)CC1. The van der Waals surface area contributed by atoms with Crippen LogP contribution in [0.4, 0.5) is 0 Å². The van der Waals surface area contributed by atoms with Crippen molar-refractivity contribution in [1.82, 2.24) is 15.1 Å². The molecule has 6 heteroatoms. The van der Waals surface area contributed by atoms with Gasteiger partial charge in [-0.3, -0.25) is 14.5 Å². The minimum Gasteiger partial charge on any atom is -0.455 e. The van der Waals surface area contributed by atoms with Crippen molar-refractivity contribution in [2.75, 3.05) is 26.2 Å². The maximum atomic E-state index is 13.0. The minimum absolute atomic E-state index is 0.0491. The van der Waals surface area contributed by atoms with E-state index in [1.54, 1.807) is 13.0 Å². The third kappa shape index (κ3) is 4.59. The van der Waals surface area contributed by atoms with E-state index in [1.165, 1.54) is 19.3 Å². The lowest BCUT2D eigenvalue weighted by atomic mass is 9.80. The Balaban J connectivity index is 1.40. The lowest BCUT2D eigenvalue weighted by molar-refractivity contribution is -0.121. The number of furan rings is 1. The molecule has 1 aromatic carbocycles. The van der Waals surface area contributed by atoms with Crippen molar-refractivity contribution < 1.29 is 14.0 Å². The van der Waals surface area contributed by atoms with Crippen LogP contribution in [-0.2, 0) is 16.9 Å². The Labute approximate surface area is 178 Å². The monoisotopic (exact) mass is 409 g/mol. The number of hydrogen-bond donors (Lipinski definition) is 1. The molecule has 0 unspecified atom stereocenters. The summed E-state index contributed by atoms with van der Waals surface area (Å²) in [6, 6.07) is 13.8. The third-order valence-electron chi connectivity index (χ3n) is 6.35. The van der Waals surface area contributed by atoms with E-state index in [0.717, 1.165) is 31.0 Å². The zero-order valence-electron chi connectivity index (χ0n) is 17.7. The molecule has 2 amide bonds. The lowest BCUT2D eigenvalue weighted by Crippen LogP contribution is -2.53. The Kier molecular flexibility index (Phi) is 6.23. The smallest absolute Gasteiger partial charge is 0.289 e. The van der Waals surface area contributed by atoms with Crippen LogP contribution in [0.25, 0.3) is 0 Å². The largest absolute Gasteiger partial charge is 0.455 e. The van der Waals surface area contributed by atoms with Gasteiger partial charge in [0, 0.05) is 20.0 Å². The summed E-state index contributed by atoms with van der Waals surface area (Å²) in [5.74, 6) is 1.15. The van der Waals surface area contributed by atoms with Gasteiger partial charge in [-0.2, -0.15) is 0 Å². The Morgan fingerprint density at radius 1 is 0.967 bits per heavy atom. The van der Waals surface area contributed by atoms with Gasteiger partial charge in [0.15, 0.2) is 5.76 Å². The fourth-order valence-electron chi connectivity index (χ4n) is 4.74. The number of rotatable bonds is 5. The Hall–Kier alpha value is -2.60. The maximum absolute atomic E-state index is 13.0. The Morgan fingerprint density at radius 2 is 1.67 bits per heavy atom. The summed E-state index contributed by atoms with van der Waals surface area (Å²) in [5.41, 5.74) is 0.668. The second kappa shape index (κ2) is 9.04. The molecule has 0 atom stereocenters. The molecular weight excluding hydrogens is 378 g/mol. The molecule has 2 aromatic rings. The van der Waals surface area contributed by atoms with Crippen molar-refractivity contribution in [3.63, 3.8) is 0 Å². The van der Waals surface area contributed by atoms with Gasteiger partial charge in [0.1, 0.15) is 5.76 Å². The number of amides is 2. The summed E-state index contributed by atoms with van der Waals surface area (Å²) in [7, 11) is 0. The predicted molar refractivity (Wildman–Crippen MR) is 115 cm³/mol. The molecule has 0 radical (unpaired) electrons. The van der Waals surface area contributed by atoms with Crippen LogP contribution in [0.5, 0.6) is 0 Å². The molecule has 2 saturated heterocycles. The van der Waals surface area contributed by atoms with Gasteiger partial charge < -0.3 is 14.6 Å². The van der Waals surface area contributed by atoms with E-state index in [0.29, 0.717) is 31.7 Å². The zero-order chi connectivity index (χ0) is 21.0. The standard InChI is InChI=1S/C24H31N3O3/c1-19(28)25-24(20-8-4-2-5-9-20)12-16-27(17-13-24)23(29)22-11-10-21(30-22)18-26-14-6-3-7-15-26/h2,4-5,8-11H,3,6-7,12-18H2,1H3,(H,25,28). The van der Waals surface area contributed by atoms with Crippen LogP contribution in [0.3, 0.4) is 0 Å². The fraction of sp³-hybridized carbons (Fsp3) is 0.500. The summed E-state index contributed by atoms with van der Waals surface area (Å²) < 4.78 is 5.90. The number of hydrogen-bond acceptors (Lipinski definition) is 4. The van der Waals surface area contributed by atoms with Gasteiger partial charge in [-0.15, -0.1) is 0 Å². The zero-order valence-corrected chi connectivity index (χ0v) is 17.7. The molecule has 1 N–H and O–H groups in total. The number of piperidine rings is 2. The van der Waals surface area contributed by atoms with Crippen LogP contribution in [-0.4, -0.2) is 47.8 Å². The highest BCUT2D eigenvalue weighted by molar-refractivity contribution is 5.91. The van der Waals surface area contributed by atoms with Crippen LogP contribution in [0.2, 0.25) is 0 Å². The molecule has 0 spiro atoms. The number of carbonyl (C=O) groups is 2. The summed E-state index contributed by atoms with van der Waals surface area (Å²) in [6.45, 7) is 5.68. The van der Waals surface area contributed by atoms with Crippen LogP contribution in [0.15, 0.2) is 46.9 Å². The van der Waals surface area contributed by atoms with E-state index in [4.69, 9.17) is 4.42 Å². The molecule has 0 saturated carbocycles. The fourth-order valence-corrected chi connectivity index (χ4v) is 4.74. The molecule has 0 bridgehead atoms. The van der Waals surface area contributed by atoms with Crippen molar-refractivity contribution in [1.29, 1.82) is 0 Å². The van der Waals surface area contributed by atoms with Gasteiger partial charge in [-0.1, -0.05) is 36.8 Å². The average Bonchev–Trinajstić information content (AvgIpc) is 3.23. The lowest BCUT2D eigenvalue weighted by Gasteiger charge is -2.42. The summed E-state index contributed by atoms with van der Waals surface area (Å²) in [4.78, 5) is 29.1. The first kappa shape index (κ1) is 20.7. The first-order valence-electron chi connectivity index (χ1n) is 11.0. The second-order valence-electron chi connectivity index (χ2n) is 8.52. The number of likely N-dealkylation sites (tertiary alicyclic amines) is 2. The van der Waals surface area contributed by atoms with E-state index in [-0.39, 0.29) is 11.8 Å². The normalized spacial score (nSPS) is 19.4. The van der Waals surface area contributed by atoms with Gasteiger partial charge in [0.25, 0.3) is 5.91 Å². The van der Waals surface area contributed by atoms with Crippen LogP contribution in [0, 0.1) is 0 Å². The van der Waals surface area contributed by atoms with E-state index in [2.05, 4.69) is 10.2 Å². The van der Waals surface area contributed by atoms with Crippen molar-refractivity contribution in [3.05, 3.63) is 59.5 Å². The maximum Gasteiger partial charge on any atom is 0.289 e. The second-order valence-corrected chi connectivity index (χ2v) is 8.52. The number of nitrogens with one attached hydrogen (secondary N) is 1. The van der Waals surface area contributed by atoms with E-state index >= 15 is 0 Å². The molecule has 3 heterocycles. The molecule has 6 nitrogen and oxygen atoms in total. The van der Waals surface area contributed by atoms with Crippen LogP contribution < -0.4 is 5.32 Å². The first-order valence-corrected chi connectivity index (χ1v) is 11.0. The van der Waals surface area contributed by atoms with Crippen molar-refractivity contribution in [2.45, 2.75) is 51.1 Å². The molecule has 4 rings (SSSR count). The van der Waals surface area contributed by atoms with E-state index < -0.39 is 5.54 Å². The molecule has 1 aromatic heterocycles. The topological polar surface area (TPSA) is 65.8 Å². The van der Waals surface area contributed by atoms with Gasteiger partial charge in [0.05, 0.1) is 12.1 Å². The predicted octanol–water partition coefficient (Wildman–Crippen LogP) is 3.53. The van der Waals surface area contributed by atoms with Crippen molar-refractivity contribution >= 4 is 11.8 Å². The first-order chi connectivity index (χ1) is 14.6. The minimum atomic E-state index is -0.424. The average molecular weight is 410 g/mol. The third-order valence-corrected chi connectivity index (χ3v) is 6.35. The highest BCUT2D eigenvalue weighted by Gasteiger charge is 2.38. The molecule has 2 aliphatic rings. The Bertz CT molecular complexity index is 863. The highest BCUT2D eigenvalue weighted by atomic mass is 16.4. The van der Waals surface area contributed by atoms with Crippen LogP contribution in [0.1, 0.15) is 60.9 Å². The van der Waals surface area contributed by atoms with Gasteiger partial charge in [-0.25, -0.2) is 0 Å². The van der Waals surface area contributed by atoms with Crippen molar-refractivity contribution in [2.24, 2.45) is 0 Å². The highest BCUT2D eigenvalue weighted by Crippen LogP contribution is 2.33. The van der Waals surface area contributed by atoms with Gasteiger partial charge in [0.2, 0.25) is 5.91 Å². The molecule has 30 heavy (non-hydrogen) atoms. The molecule has 2 aliphatic heterocycles. The number of benzene rings is 1. The summed E-state index contributed by atoms with van der Waals surface area (Å²) >= 11 is 0. The van der Waals surface area contributed by atoms with E-state index in [1.807, 2.05) is 41.3 Å². The van der Waals surface area contributed by atoms with Crippen LogP contribution >= 0.6 is 0 Å². The van der Waals surface area contributed by atoms with Gasteiger partial charge >= 0.3 is 0 Å². The number of nitrogens with zero attached hydrogens (tertiary/aromatic N) is 2. The number of carbonyl (C=O) groups excluding carboxylic acids is 2. The quantitative estimate of drug-likeness (QED) is 0.820.